The van der Waals surface area contributed by atoms with Crippen LogP contribution in [-0.4, -0.2) is 40.4 Å². The first kappa shape index (κ1) is 17.4. The van der Waals surface area contributed by atoms with Crippen molar-refractivity contribution in [1.82, 2.24) is 14.9 Å². The Bertz CT molecular complexity index is 877. The monoisotopic (exact) mass is 362 g/mol. The molecule has 1 saturated heterocycles. The maximum Gasteiger partial charge on any atom is 0.325 e. The molecular weight excluding hydrogens is 344 g/mol. The van der Waals surface area contributed by atoms with E-state index in [4.69, 9.17) is 11.6 Å². The van der Waals surface area contributed by atoms with Crippen molar-refractivity contribution in [3.05, 3.63) is 61.4 Å². The van der Waals surface area contributed by atoms with Gasteiger partial charge in [0.05, 0.1) is 6.54 Å². The number of carbonyl (C=O) groups is 1. The van der Waals surface area contributed by atoms with Crippen LogP contribution in [0.5, 0.6) is 0 Å². The van der Waals surface area contributed by atoms with Gasteiger partial charge in [0.15, 0.2) is 0 Å². The number of benzene rings is 1. The molecule has 2 aromatic rings. The number of aromatic amines is 2. The topological polar surface area (TPSA) is 98.1 Å². The van der Waals surface area contributed by atoms with Gasteiger partial charge in [-0.25, -0.2) is 4.79 Å². The third kappa shape index (κ3) is 4.37. The van der Waals surface area contributed by atoms with Crippen LogP contribution < -0.4 is 16.6 Å². The van der Waals surface area contributed by atoms with Gasteiger partial charge < -0.3 is 10.3 Å². The second-order valence-corrected chi connectivity index (χ2v) is 6.71. The number of amides is 1. The van der Waals surface area contributed by atoms with E-state index in [1.54, 1.807) is 12.1 Å². The number of hydrogen-bond donors (Lipinski definition) is 3. The van der Waals surface area contributed by atoms with Gasteiger partial charge in [0.2, 0.25) is 5.91 Å². The van der Waals surface area contributed by atoms with Crippen molar-refractivity contribution in [3.8, 4) is 0 Å². The summed E-state index contributed by atoms with van der Waals surface area (Å²) in [6.45, 7) is 3.49. The lowest BCUT2D eigenvalue weighted by Gasteiger charge is -2.16. The molecule has 25 heavy (non-hydrogen) atoms. The van der Waals surface area contributed by atoms with Gasteiger partial charge in [-0.1, -0.05) is 17.7 Å². The summed E-state index contributed by atoms with van der Waals surface area (Å²) < 4.78 is 0. The van der Waals surface area contributed by atoms with Crippen molar-refractivity contribution in [1.29, 1.82) is 0 Å². The van der Waals surface area contributed by atoms with Gasteiger partial charge in [0.1, 0.15) is 0 Å². The molecule has 1 atom stereocenters. The standard InChI is InChI=1S/C17H19ClN4O3/c1-10-2-3-12(18)6-13(10)19-16(24)9-22-5-4-11(8-22)14-7-15(23)21-17(25)20-14/h2-3,6-7,11H,4-5,8-9H2,1H3,(H,19,24)(H2,20,21,23,25). The molecule has 0 radical (unpaired) electrons. The molecule has 1 amide bonds. The molecule has 0 bridgehead atoms. The van der Waals surface area contributed by atoms with Crippen molar-refractivity contribution >= 4 is 23.2 Å². The summed E-state index contributed by atoms with van der Waals surface area (Å²) in [5, 5.41) is 3.44. The number of anilines is 1. The quantitative estimate of drug-likeness (QED) is 0.766. The zero-order chi connectivity index (χ0) is 18.0. The van der Waals surface area contributed by atoms with E-state index in [2.05, 4.69) is 15.3 Å². The molecule has 0 spiro atoms. The van der Waals surface area contributed by atoms with Crippen LogP contribution in [0, 0.1) is 6.92 Å². The fraction of sp³-hybridized carbons (Fsp3) is 0.353. The Morgan fingerprint density at radius 3 is 2.88 bits per heavy atom. The van der Waals surface area contributed by atoms with Crippen LogP contribution in [0.15, 0.2) is 33.9 Å². The Kier molecular flexibility index (Phi) is 5.06. The first-order valence-electron chi connectivity index (χ1n) is 8.02. The Morgan fingerprint density at radius 2 is 2.12 bits per heavy atom. The van der Waals surface area contributed by atoms with Crippen LogP contribution in [0.1, 0.15) is 23.6 Å². The highest BCUT2D eigenvalue weighted by atomic mass is 35.5. The predicted octanol–water partition coefficient (Wildman–Crippen LogP) is 1.45. The maximum absolute atomic E-state index is 12.3. The molecule has 2 heterocycles. The van der Waals surface area contributed by atoms with E-state index >= 15 is 0 Å². The van der Waals surface area contributed by atoms with Gasteiger partial charge in [0.25, 0.3) is 5.56 Å². The van der Waals surface area contributed by atoms with Crippen molar-refractivity contribution < 1.29 is 4.79 Å². The molecule has 0 aliphatic carbocycles. The fourth-order valence-corrected chi connectivity index (χ4v) is 3.23. The maximum atomic E-state index is 12.3. The Labute approximate surface area is 149 Å². The Morgan fingerprint density at radius 1 is 1.32 bits per heavy atom. The first-order chi connectivity index (χ1) is 11.9. The lowest BCUT2D eigenvalue weighted by Crippen LogP contribution is -2.32. The van der Waals surface area contributed by atoms with Gasteiger partial charge in [-0.05, 0) is 37.6 Å². The molecule has 7 nitrogen and oxygen atoms in total. The number of H-pyrrole nitrogens is 2. The molecule has 1 aromatic carbocycles. The highest BCUT2D eigenvalue weighted by Gasteiger charge is 2.26. The van der Waals surface area contributed by atoms with E-state index in [9.17, 15) is 14.4 Å². The summed E-state index contributed by atoms with van der Waals surface area (Å²) in [6, 6.07) is 6.76. The van der Waals surface area contributed by atoms with E-state index < -0.39 is 11.2 Å². The molecular formula is C17H19ClN4O3. The second-order valence-electron chi connectivity index (χ2n) is 6.27. The number of hydrogen-bond acceptors (Lipinski definition) is 4. The second kappa shape index (κ2) is 7.25. The predicted molar refractivity (Wildman–Crippen MR) is 96.3 cm³/mol. The summed E-state index contributed by atoms with van der Waals surface area (Å²) in [6.07, 6.45) is 0.781. The summed E-state index contributed by atoms with van der Waals surface area (Å²) >= 11 is 5.96. The van der Waals surface area contributed by atoms with Crippen molar-refractivity contribution in [3.63, 3.8) is 0 Å². The van der Waals surface area contributed by atoms with Gasteiger partial charge >= 0.3 is 5.69 Å². The van der Waals surface area contributed by atoms with Crippen molar-refractivity contribution in [2.24, 2.45) is 0 Å². The minimum Gasteiger partial charge on any atom is -0.325 e. The Balaban J connectivity index is 1.61. The summed E-state index contributed by atoms with van der Waals surface area (Å²) in [7, 11) is 0. The molecule has 0 saturated carbocycles. The lowest BCUT2D eigenvalue weighted by molar-refractivity contribution is -0.117. The zero-order valence-corrected chi connectivity index (χ0v) is 14.5. The van der Waals surface area contributed by atoms with E-state index in [0.29, 0.717) is 22.9 Å². The number of nitrogens with zero attached hydrogens (tertiary/aromatic N) is 1. The molecule has 1 fully saturated rings. The smallest absolute Gasteiger partial charge is 0.325 e. The van der Waals surface area contributed by atoms with Gasteiger partial charge in [-0.2, -0.15) is 0 Å². The lowest BCUT2D eigenvalue weighted by atomic mass is 10.1. The number of halogens is 1. The average Bonchev–Trinajstić information content (AvgIpc) is 2.98. The van der Waals surface area contributed by atoms with Crippen LogP contribution in [-0.2, 0) is 4.79 Å². The van der Waals surface area contributed by atoms with Gasteiger partial charge in [-0.3, -0.25) is 19.5 Å². The van der Waals surface area contributed by atoms with Crippen molar-refractivity contribution in [2.75, 3.05) is 25.0 Å². The largest absolute Gasteiger partial charge is 0.325 e. The molecule has 1 unspecified atom stereocenters. The number of likely N-dealkylation sites (tertiary alicyclic amines) is 1. The molecule has 1 aliphatic heterocycles. The zero-order valence-electron chi connectivity index (χ0n) is 13.8. The number of aryl methyl sites for hydroxylation is 1. The molecule has 1 aliphatic rings. The highest BCUT2D eigenvalue weighted by Crippen LogP contribution is 2.24. The minimum absolute atomic E-state index is 0.0377. The molecule has 1 aromatic heterocycles. The van der Waals surface area contributed by atoms with Crippen LogP contribution >= 0.6 is 11.6 Å². The number of aromatic nitrogens is 2. The van der Waals surface area contributed by atoms with Crippen LogP contribution in [0.2, 0.25) is 5.02 Å². The van der Waals surface area contributed by atoms with Crippen LogP contribution in [0.25, 0.3) is 0 Å². The van der Waals surface area contributed by atoms with E-state index in [-0.39, 0.29) is 18.4 Å². The van der Waals surface area contributed by atoms with Crippen LogP contribution in [0.3, 0.4) is 0 Å². The van der Waals surface area contributed by atoms with Crippen molar-refractivity contribution in [2.45, 2.75) is 19.3 Å². The first-order valence-corrected chi connectivity index (χ1v) is 8.40. The number of carbonyl (C=O) groups excluding carboxylic acids is 1. The Hall–Kier alpha value is -2.38. The van der Waals surface area contributed by atoms with E-state index in [1.807, 2.05) is 17.9 Å². The average molecular weight is 363 g/mol. The molecule has 3 N–H and O–H groups in total. The number of rotatable bonds is 4. The summed E-state index contributed by atoms with van der Waals surface area (Å²) in [4.78, 5) is 41.9. The third-order valence-electron chi connectivity index (χ3n) is 4.33. The van der Waals surface area contributed by atoms with E-state index in [0.717, 1.165) is 18.5 Å². The summed E-state index contributed by atoms with van der Waals surface area (Å²) in [5.41, 5.74) is 1.34. The third-order valence-corrected chi connectivity index (χ3v) is 4.57. The number of nitrogens with one attached hydrogen (secondary N) is 3. The van der Waals surface area contributed by atoms with Gasteiger partial charge in [0, 0.05) is 34.9 Å². The summed E-state index contributed by atoms with van der Waals surface area (Å²) in [5.74, 6) is -0.0823. The molecule has 132 valence electrons. The fourth-order valence-electron chi connectivity index (χ4n) is 3.06. The molecule has 3 rings (SSSR count). The highest BCUT2D eigenvalue weighted by molar-refractivity contribution is 6.31. The van der Waals surface area contributed by atoms with Crippen LogP contribution in [0.4, 0.5) is 5.69 Å². The SMILES string of the molecule is Cc1ccc(Cl)cc1NC(=O)CN1CCC(c2cc(=O)[nH]c(=O)[nH]2)C1. The molecule has 8 heteroatoms. The van der Waals surface area contributed by atoms with E-state index in [1.165, 1.54) is 6.07 Å². The van der Waals surface area contributed by atoms with Gasteiger partial charge in [-0.15, -0.1) is 0 Å². The normalized spacial score (nSPS) is 17.6. The minimum atomic E-state index is -0.505.